The lowest BCUT2D eigenvalue weighted by atomic mass is 9.71. The van der Waals surface area contributed by atoms with Gasteiger partial charge in [-0.3, -0.25) is 4.79 Å². The van der Waals surface area contributed by atoms with Gasteiger partial charge in [0.1, 0.15) is 0 Å². The predicted octanol–water partition coefficient (Wildman–Crippen LogP) is 2.84. The highest BCUT2D eigenvalue weighted by atomic mass is 16.2. The first-order valence-corrected chi connectivity index (χ1v) is 5.71. The second-order valence-electron chi connectivity index (χ2n) is 5.50. The van der Waals surface area contributed by atoms with Crippen molar-refractivity contribution in [1.82, 2.24) is 0 Å². The molecule has 1 heterocycles. The smallest absolute Gasteiger partial charge is 0.234 e. The number of carbonyl (C=O) groups is 1. The maximum absolute atomic E-state index is 12.1. The predicted molar refractivity (Wildman–Crippen MR) is 66.4 cm³/mol. The molecule has 0 spiro atoms. The summed E-state index contributed by atoms with van der Waals surface area (Å²) < 4.78 is 0. The van der Waals surface area contributed by atoms with Gasteiger partial charge in [0.15, 0.2) is 0 Å². The first kappa shape index (κ1) is 11.7. The zero-order valence-electron chi connectivity index (χ0n) is 10.4. The molecular weight excluding hydrogens is 212 g/mol. The third kappa shape index (κ3) is 1.80. The molecule has 1 aliphatic rings. The van der Waals surface area contributed by atoms with Gasteiger partial charge in [0, 0.05) is 5.69 Å². The van der Waals surface area contributed by atoms with Gasteiger partial charge in [-0.05, 0) is 38.8 Å². The van der Waals surface area contributed by atoms with Gasteiger partial charge in [0.25, 0.3) is 0 Å². The molecule has 3 heteroatoms. The van der Waals surface area contributed by atoms with Crippen molar-refractivity contribution < 1.29 is 4.79 Å². The van der Waals surface area contributed by atoms with Gasteiger partial charge in [-0.2, -0.15) is 5.26 Å². The van der Waals surface area contributed by atoms with E-state index in [0.29, 0.717) is 6.42 Å². The third-order valence-electron chi connectivity index (χ3n) is 3.37. The quantitative estimate of drug-likeness (QED) is 0.846. The Morgan fingerprint density at radius 1 is 1.41 bits per heavy atom. The Morgan fingerprint density at radius 3 is 2.71 bits per heavy atom. The van der Waals surface area contributed by atoms with Crippen LogP contribution in [-0.4, -0.2) is 5.91 Å². The number of para-hydroxylation sites is 1. The molecule has 0 bridgehead atoms. The third-order valence-corrected chi connectivity index (χ3v) is 3.37. The average Bonchev–Trinajstić information content (AvgIpc) is 2.51. The molecule has 88 valence electrons. The first-order chi connectivity index (χ1) is 7.89. The highest BCUT2D eigenvalue weighted by Gasteiger charge is 2.45. The van der Waals surface area contributed by atoms with Crippen LogP contribution in [0.5, 0.6) is 0 Å². The van der Waals surface area contributed by atoms with Crippen molar-refractivity contribution in [2.75, 3.05) is 5.32 Å². The van der Waals surface area contributed by atoms with Gasteiger partial charge in [-0.25, -0.2) is 0 Å². The summed E-state index contributed by atoms with van der Waals surface area (Å²) >= 11 is 0. The van der Waals surface area contributed by atoms with Crippen LogP contribution in [-0.2, 0) is 10.2 Å². The summed E-state index contributed by atoms with van der Waals surface area (Å²) in [5.41, 5.74) is 0.751. The molecule has 3 nitrogen and oxygen atoms in total. The lowest BCUT2D eigenvalue weighted by Gasteiger charge is -2.28. The van der Waals surface area contributed by atoms with E-state index in [-0.39, 0.29) is 5.91 Å². The monoisotopic (exact) mass is 228 g/mol. The van der Waals surface area contributed by atoms with Crippen LogP contribution in [0.2, 0.25) is 0 Å². The van der Waals surface area contributed by atoms with Crippen LogP contribution in [0, 0.1) is 16.7 Å². The molecule has 17 heavy (non-hydrogen) atoms. The maximum atomic E-state index is 12.1. The van der Waals surface area contributed by atoms with Gasteiger partial charge in [-0.15, -0.1) is 0 Å². The summed E-state index contributed by atoms with van der Waals surface area (Å²) in [6.07, 6.45) is 0.527. The Hall–Kier alpha value is -1.82. The fourth-order valence-corrected chi connectivity index (χ4v) is 2.55. The lowest BCUT2D eigenvalue weighted by Crippen LogP contribution is -2.35. The summed E-state index contributed by atoms with van der Waals surface area (Å²) in [4.78, 5) is 12.1. The maximum Gasteiger partial charge on any atom is 0.234 e. The molecule has 0 saturated carbocycles. The molecule has 0 saturated heterocycles. The van der Waals surface area contributed by atoms with Gasteiger partial charge in [0.2, 0.25) is 5.91 Å². The molecular formula is C14H16N2O. The van der Waals surface area contributed by atoms with Gasteiger partial charge in [-0.1, -0.05) is 18.2 Å². The van der Waals surface area contributed by atoms with Crippen molar-refractivity contribution in [1.29, 1.82) is 5.26 Å². The van der Waals surface area contributed by atoms with Crippen LogP contribution < -0.4 is 5.32 Å². The molecule has 0 aromatic heterocycles. The zero-order valence-corrected chi connectivity index (χ0v) is 10.4. The van der Waals surface area contributed by atoms with Crippen LogP contribution >= 0.6 is 0 Å². The van der Waals surface area contributed by atoms with Gasteiger partial charge in [0.05, 0.1) is 16.9 Å². The minimum Gasteiger partial charge on any atom is -0.325 e. The lowest BCUT2D eigenvalue weighted by molar-refractivity contribution is -0.121. The number of hydrogen-bond donors (Lipinski definition) is 1. The second kappa shape index (κ2) is 3.59. The molecule has 0 fully saturated rings. The van der Waals surface area contributed by atoms with Crippen LogP contribution in [0.3, 0.4) is 0 Å². The minimum absolute atomic E-state index is 0.0120. The van der Waals surface area contributed by atoms with Gasteiger partial charge < -0.3 is 5.32 Å². The number of nitrogens with zero attached hydrogens (tertiary/aromatic N) is 1. The summed E-state index contributed by atoms with van der Waals surface area (Å²) in [7, 11) is 0. The summed E-state index contributed by atoms with van der Waals surface area (Å²) in [5, 5.41) is 12.0. The number of rotatable bonds is 2. The summed E-state index contributed by atoms with van der Waals surface area (Å²) in [5.74, 6) is -0.0120. The normalized spacial score (nSPS) is 22.8. The highest BCUT2D eigenvalue weighted by Crippen LogP contribution is 2.44. The topological polar surface area (TPSA) is 52.9 Å². The van der Waals surface area contributed by atoms with E-state index in [0.717, 1.165) is 11.3 Å². The first-order valence-electron chi connectivity index (χ1n) is 5.71. The van der Waals surface area contributed by atoms with E-state index in [1.54, 1.807) is 0 Å². The number of fused-ring (bicyclic) bond motifs is 1. The van der Waals surface area contributed by atoms with Crippen LogP contribution in [0.15, 0.2) is 24.3 Å². The number of amides is 1. The zero-order chi connectivity index (χ0) is 12.7. The van der Waals surface area contributed by atoms with Crippen LogP contribution in [0.1, 0.15) is 32.8 Å². The molecule has 2 rings (SSSR count). The van der Waals surface area contributed by atoms with E-state index in [9.17, 15) is 4.79 Å². The number of benzene rings is 1. The highest BCUT2D eigenvalue weighted by molar-refractivity contribution is 6.05. The van der Waals surface area contributed by atoms with Crippen molar-refractivity contribution in [3.05, 3.63) is 29.8 Å². The van der Waals surface area contributed by atoms with E-state index in [1.165, 1.54) is 0 Å². The van der Waals surface area contributed by atoms with E-state index in [1.807, 2.05) is 45.0 Å². The standard InChI is InChI=1S/C14H16N2O/c1-13(2,9-15)8-14(3)10-6-4-5-7-11(10)16-12(14)17/h4-7H,8H2,1-3H3,(H,16,17)/t14-/m0/s1. The molecule has 0 radical (unpaired) electrons. The Bertz CT molecular complexity index is 513. The molecule has 1 N–H and O–H groups in total. The molecule has 0 unspecified atom stereocenters. The molecule has 1 amide bonds. The fourth-order valence-electron chi connectivity index (χ4n) is 2.55. The Labute approximate surface area is 101 Å². The van der Waals surface area contributed by atoms with E-state index in [2.05, 4.69) is 11.4 Å². The largest absolute Gasteiger partial charge is 0.325 e. The van der Waals surface area contributed by atoms with Gasteiger partial charge >= 0.3 is 0 Å². The second-order valence-corrected chi connectivity index (χ2v) is 5.50. The van der Waals surface area contributed by atoms with E-state index >= 15 is 0 Å². The number of hydrogen-bond acceptors (Lipinski definition) is 2. The Balaban J connectivity index is 2.45. The van der Waals surface area contributed by atoms with Crippen molar-refractivity contribution in [3.8, 4) is 6.07 Å². The SMILES string of the molecule is CC(C)(C#N)C[C@]1(C)C(=O)Nc2ccccc21. The minimum atomic E-state index is -0.601. The fraction of sp³-hybridized carbons (Fsp3) is 0.429. The van der Waals surface area contributed by atoms with Crippen LogP contribution in [0.25, 0.3) is 0 Å². The number of nitriles is 1. The van der Waals surface area contributed by atoms with E-state index in [4.69, 9.17) is 5.26 Å². The molecule has 0 aliphatic carbocycles. The van der Waals surface area contributed by atoms with Crippen molar-refractivity contribution >= 4 is 11.6 Å². The van der Waals surface area contributed by atoms with Crippen molar-refractivity contribution in [2.24, 2.45) is 5.41 Å². The van der Waals surface area contributed by atoms with Crippen molar-refractivity contribution in [2.45, 2.75) is 32.6 Å². The van der Waals surface area contributed by atoms with Crippen molar-refractivity contribution in [3.63, 3.8) is 0 Å². The molecule has 1 atom stereocenters. The number of carbonyl (C=O) groups excluding carboxylic acids is 1. The van der Waals surface area contributed by atoms with E-state index < -0.39 is 10.8 Å². The number of nitrogens with one attached hydrogen (secondary N) is 1. The Kier molecular flexibility index (Phi) is 2.46. The summed E-state index contributed by atoms with van der Waals surface area (Å²) in [6, 6.07) is 9.95. The van der Waals surface area contributed by atoms with Crippen LogP contribution in [0.4, 0.5) is 5.69 Å². The molecule has 1 aliphatic heterocycles. The Morgan fingerprint density at radius 2 is 2.06 bits per heavy atom. The molecule has 1 aromatic carbocycles. The summed E-state index contributed by atoms with van der Waals surface area (Å²) in [6.45, 7) is 5.65. The average molecular weight is 228 g/mol. The number of anilines is 1. The molecule has 1 aromatic rings.